The van der Waals surface area contributed by atoms with Crippen LogP contribution in [-0.4, -0.2) is 60.0 Å². The number of nitrogens with one attached hydrogen (secondary N) is 1. The van der Waals surface area contributed by atoms with Crippen LogP contribution in [0.4, 0.5) is 5.69 Å². The number of carbonyl (C=O) groups excluding carboxylic acids is 2. The highest BCUT2D eigenvalue weighted by Gasteiger charge is 2.45. The van der Waals surface area contributed by atoms with Gasteiger partial charge in [0.1, 0.15) is 9.79 Å². The van der Waals surface area contributed by atoms with E-state index < -0.39 is 54.5 Å². The number of rotatable bonds is 4. The number of hydrogen-bond acceptors (Lipinski definition) is 9. The van der Waals surface area contributed by atoms with Crippen LogP contribution in [0.2, 0.25) is 5.02 Å². The van der Waals surface area contributed by atoms with Crippen LogP contribution in [0.25, 0.3) is 0 Å². The Morgan fingerprint density at radius 2 is 1.81 bits per heavy atom. The smallest absolute Gasteiger partial charge is 0.335 e. The Labute approximate surface area is 154 Å². The molecule has 0 aliphatic carbocycles. The minimum Gasteiger partial charge on any atom is -0.467 e. The summed E-state index contributed by atoms with van der Waals surface area (Å²) in [4.78, 5) is 22.6. The van der Waals surface area contributed by atoms with Gasteiger partial charge in [-0.25, -0.2) is 31.6 Å². The van der Waals surface area contributed by atoms with Crippen LogP contribution in [0, 0.1) is 0 Å². The van der Waals surface area contributed by atoms with Crippen molar-refractivity contribution in [2.45, 2.75) is 15.8 Å². The van der Waals surface area contributed by atoms with Gasteiger partial charge in [-0.1, -0.05) is 11.6 Å². The molecular formula is C12H14ClN3O8S2. The van der Waals surface area contributed by atoms with E-state index in [9.17, 15) is 26.4 Å². The Morgan fingerprint density at radius 1 is 1.27 bits per heavy atom. The topological polar surface area (TPSA) is 162 Å². The summed E-state index contributed by atoms with van der Waals surface area (Å²) < 4.78 is 58.3. The molecule has 0 amide bonds. The molecule has 144 valence electrons. The van der Waals surface area contributed by atoms with Gasteiger partial charge in [-0.05, 0) is 12.1 Å². The van der Waals surface area contributed by atoms with Gasteiger partial charge in [0.25, 0.3) is 0 Å². The summed E-state index contributed by atoms with van der Waals surface area (Å²) in [5, 5.41) is 7.37. The maximum atomic E-state index is 12.9. The van der Waals surface area contributed by atoms with E-state index in [0.29, 0.717) is 4.31 Å². The zero-order valence-corrected chi connectivity index (χ0v) is 15.8. The highest BCUT2D eigenvalue weighted by molar-refractivity contribution is 7.90. The van der Waals surface area contributed by atoms with Crippen molar-refractivity contribution in [3.8, 4) is 0 Å². The summed E-state index contributed by atoms with van der Waals surface area (Å²) in [6.07, 6.45) is 0. The second kappa shape index (κ2) is 7.00. The summed E-state index contributed by atoms with van der Waals surface area (Å²) in [7, 11) is -6.89. The Morgan fingerprint density at radius 3 is 2.27 bits per heavy atom. The van der Waals surface area contributed by atoms with Crippen LogP contribution in [0.3, 0.4) is 0 Å². The summed E-state index contributed by atoms with van der Waals surface area (Å²) in [5.74, 6) is -2.35. The van der Waals surface area contributed by atoms with E-state index in [4.69, 9.17) is 16.7 Å². The molecule has 0 bridgehead atoms. The van der Waals surface area contributed by atoms with Gasteiger partial charge >= 0.3 is 11.9 Å². The highest BCUT2D eigenvalue weighted by Crippen LogP contribution is 2.36. The number of nitrogens with two attached hydrogens (primary N) is 1. The van der Waals surface area contributed by atoms with E-state index in [1.807, 2.05) is 0 Å². The standard InChI is InChI=1S/C12H14ClN3O8S2/c1-23-11(17)10(12(18)24-2)16-5-15-7-3-6(13)8(25(14,19)20)4-9(7)26(16,21)22/h3-4,10,15H,5H2,1-2H3,(H2,14,19,20). The second-order valence-electron chi connectivity index (χ2n) is 5.00. The summed E-state index contributed by atoms with van der Waals surface area (Å²) in [5.41, 5.74) is -0.0212. The van der Waals surface area contributed by atoms with Crippen LogP contribution in [0.5, 0.6) is 0 Å². The number of methoxy groups -OCH3 is 2. The second-order valence-corrected chi connectivity index (χ2v) is 8.80. The van der Waals surface area contributed by atoms with Crippen LogP contribution in [0.1, 0.15) is 0 Å². The molecule has 1 aromatic carbocycles. The Bertz CT molecular complexity index is 960. The molecular weight excluding hydrogens is 414 g/mol. The number of ether oxygens (including phenoxy) is 2. The SMILES string of the molecule is COC(=O)C(C(=O)OC)N1CNc2cc(Cl)c(S(N)(=O)=O)cc2S1(=O)=O. The Kier molecular flexibility index (Phi) is 5.49. The van der Waals surface area contributed by atoms with E-state index in [1.54, 1.807) is 0 Å². The molecule has 3 N–H and O–H groups in total. The number of carbonyl (C=O) groups is 2. The van der Waals surface area contributed by atoms with Crippen molar-refractivity contribution >= 4 is 49.3 Å². The van der Waals surface area contributed by atoms with Crippen molar-refractivity contribution in [3.05, 3.63) is 17.2 Å². The largest absolute Gasteiger partial charge is 0.467 e. The first-order valence-corrected chi connectivity index (χ1v) is 10.1. The van der Waals surface area contributed by atoms with Crippen molar-refractivity contribution < 1.29 is 35.9 Å². The number of nitrogens with zero attached hydrogens (tertiary/aromatic N) is 1. The zero-order chi connectivity index (χ0) is 19.9. The molecule has 1 aromatic rings. The predicted molar refractivity (Wildman–Crippen MR) is 88.2 cm³/mol. The molecule has 2 rings (SSSR count). The summed E-state index contributed by atoms with van der Waals surface area (Å²) in [6.45, 7) is -0.491. The Hall–Kier alpha value is -1.93. The fourth-order valence-electron chi connectivity index (χ4n) is 2.26. The zero-order valence-electron chi connectivity index (χ0n) is 13.4. The van der Waals surface area contributed by atoms with E-state index in [0.717, 1.165) is 26.4 Å². The molecule has 0 saturated heterocycles. The third kappa shape index (κ3) is 3.48. The minimum absolute atomic E-state index is 0.0212. The molecule has 0 saturated carbocycles. The lowest BCUT2D eigenvalue weighted by Crippen LogP contribution is -2.54. The lowest BCUT2D eigenvalue weighted by atomic mass is 10.3. The van der Waals surface area contributed by atoms with Gasteiger partial charge in [-0.2, -0.15) is 4.31 Å². The van der Waals surface area contributed by atoms with Crippen molar-refractivity contribution in [3.63, 3.8) is 0 Å². The maximum Gasteiger partial charge on any atom is 0.335 e. The van der Waals surface area contributed by atoms with Gasteiger partial charge in [0.2, 0.25) is 26.1 Å². The van der Waals surface area contributed by atoms with Crippen molar-refractivity contribution in [1.82, 2.24) is 4.31 Å². The van der Waals surface area contributed by atoms with Gasteiger partial charge < -0.3 is 14.8 Å². The van der Waals surface area contributed by atoms with Crippen LogP contribution in [0.15, 0.2) is 21.9 Å². The fourth-order valence-corrected chi connectivity index (χ4v) is 5.05. The number of halogens is 1. The fraction of sp³-hybridized carbons (Fsp3) is 0.333. The maximum absolute atomic E-state index is 12.9. The number of esters is 2. The lowest BCUT2D eigenvalue weighted by molar-refractivity contribution is -0.158. The number of primary sulfonamides is 1. The molecule has 1 aliphatic rings. The average Bonchev–Trinajstić information content (AvgIpc) is 2.54. The molecule has 0 spiro atoms. The van der Waals surface area contributed by atoms with Crippen molar-refractivity contribution in [1.29, 1.82) is 0 Å². The van der Waals surface area contributed by atoms with E-state index in [2.05, 4.69) is 14.8 Å². The number of benzene rings is 1. The first kappa shape index (κ1) is 20.4. The molecule has 0 radical (unpaired) electrons. The van der Waals surface area contributed by atoms with E-state index in [-0.39, 0.29) is 10.7 Å². The van der Waals surface area contributed by atoms with Crippen molar-refractivity contribution in [2.24, 2.45) is 5.14 Å². The number of sulfonamides is 2. The molecule has 1 aliphatic heterocycles. The van der Waals surface area contributed by atoms with Crippen molar-refractivity contribution in [2.75, 3.05) is 26.2 Å². The normalized spacial score (nSPS) is 16.5. The van der Waals surface area contributed by atoms with Gasteiger partial charge in [0, 0.05) is 0 Å². The first-order chi connectivity index (χ1) is 11.9. The van der Waals surface area contributed by atoms with Crippen LogP contribution < -0.4 is 10.5 Å². The van der Waals surface area contributed by atoms with Crippen LogP contribution in [-0.2, 0) is 39.1 Å². The first-order valence-electron chi connectivity index (χ1n) is 6.73. The number of hydrogen-bond donors (Lipinski definition) is 2. The monoisotopic (exact) mass is 427 g/mol. The third-order valence-corrected chi connectivity index (χ3v) is 6.72. The third-order valence-electron chi connectivity index (χ3n) is 3.49. The lowest BCUT2D eigenvalue weighted by Gasteiger charge is -2.32. The van der Waals surface area contributed by atoms with Gasteiger partial charge in [0.05, 0.1) is 31.6 Å². The molecule has 11 nitrogen and oxygen atoms in total. The quantitative estimate of drug-likeness (QED) is 0.456. The van der Waals surface area contributed by atoms with Gasteiger partial charge in [-0.3, -0.25) is 0 Å². The summed E-state index contributed by atoms with van der Waals surface area (Å²) in [6, 6.07) is -0.117. The van der Waals surface area contributed by atoms with E-state index >= 15 is 0 Å². The highest BCUT2D eigenvalue weighted by atomic mass is 35.5. The van der Waals surface area contributed by atoms with Crippen LogP contribution >= 0.6 is 11.6 Å². The molecule has 0 unspecified atom stereocenters. The van der Waals surface area contributed by atoms with E-state index in [1.165, 1.54) is 0 Å². The Balaban J connectivity index is 2.66. The molecule has 0 atom stereocenters. The number of anilines is 1. The average molecular weight is 428 g/mol. The molecule has 0 aromatic heterocycles. The summed E-state index contributed by atoms with van der Waals surface area (Å²) >= 11 is 5.83. The van der Waals surface area contributed by atoms with Gasteiger partial charge in [0.15, 0.2) is 0 Å². The molecule has 0 fully saturated rings. The molecule has 26 heavy (non-hydrogen) atoms. The predicted octanol–water partition coefficient (Wildman–Crippen LogP) is -0.924. The minimum atomic E-state index is -4.50. The molecule has 1 heterocycles. The number of fused-ring (bicyclic) bond motifs is 1. The molecule has 14 heteroatoms. The van der Waals surface area contributed by atoms with Gasteiger partial charge in [-0.15, -0.1) is 0 Å².